The zero-order chi connectivity index (χ0) is 13.7. The lowest BCUT2D eigenvalue weighted by atomic mass is 10.0. The first-order valence-electron chi connectivity index (χ1n) is 7.18. The van der Waals surface area contributed by atoms with Gasteiger partial charge >= 0.3 is 0 Å². The third-order valence-corrected chi connectivity index (χ3v) is 3.88. The lowest BCUT2D eigenvalue weighted by Crippen LogP contribution is -2.38. The van der Waals surface area contributed by atoms with Gasteiger partial charge in [0.1, 0.15) is 0 Å². The van der Waals surface area contributed by atoms with Crippen molar-refractivity contribution in [3.8, 4) is 0 Å². The Kier molecular flexibility index (Phi) is 4.91. The molecule has 2 unspecified atom stereocenters. The molecule has 19 heavy (non-hydrogen) atoms. The molecule has 1 aromatic rings. The average Bonchev–Trinajstić information content (AvgIpc) is 2.94. The fraction of sp³-hybridized carbons (Fsp3) is 0.600. The predicted molar refractivity (Wildman–Crippen MR) is 75.4 cm³/mol. The number of pyridine rings is 1. The van der Waals surface area contributed by atoms with Crippen LogP contribution in [0.2, 0.25) is 0 Å². The maximum atomic E-state index is 12.6. The molecule has 2 atom stereocenters. The summed E-state index contributed by atoms with van der Waals surface area (Å²) in [5.74, 6) is 0.193. The number of hydrogen-bond donors (Lipinski definition) is 1. The number of hydrogen-bond acceptors (Lipinski definition) is 3. The van der Waals surface area contributed by atoms with Crippen molar-refractivity contribution in [2.75, 3.05) is 13.1 Å². The molecule has 4 heteroatoms. The Labute approximate surface area is 115 Å². The van der Waals surface area contributed by atoms with E-state index in [2.05, 4.69) is 18.0 Å². The summed E-state index contributed by atoms with van der Waals surface area (Å²) in [6.45, 7) is 3.39. The van der Waals surface area contributed by atoms with Crippen molar-refractivity contribution in [3.63, 3.8) is 0 Å². The average molecular weight is 261 g/mol. The summed E-state index contributed by atoms with van der Waals surface area (Å²) in [5, 5.41) is 0. The van der Waals surface area contributed by atoms with Crippen LogP contribution in [-0.2, 0) is 4.79 Å². The Morgan fingerprint density at radius 3 is 3.11 bits per heavy atom. The summed E-state index contributed by atoms with van der Waals surface area (Å²) < 4.78 is 0. The van der Waals surface area contributed by atoms with Gasteiger partial charge in [0.05, 0.1) is 12.0 Å². The van der Waals surface area contributed by atoms with Gasteiger partial charge in [0.25, 0.3) is 0 Å². The van der Waals surface area contributed by atoms with Gasteiger partial charge in [0.2, 0.25) is 5.91 Å². The molecule has 0 aliphatic carbocycles. The van der Waals surface area contributed by atoms with Gasteiger partial charge < -0.3 is 10.6 Å². The monoisotopic (exact) mass is 261 g/mol. The first-order chi connectivity index (χ1) is 9.27. The van der Waals surface area contributed by atoms with E-state index in [9.17, 15) is 4.79 Å². The second kappa shape index (κ2) is 6.66. The molecule has 1 aliphatic rings. The van der Waals surface area contributed by atoms with Crippen LogP contribution in [0.5, 0.6) is 0 Å². The standard InChI is InChI=1S/C15H23N3O/c1-2-5-12(10-16)15(19)18-9-4-7-14(18)13-6-3-8-17-11-13/h3,6,8,11-12,14H,2,4-5,7,9-10,16H2,1H3. The van der Waals surface area contributed by atoms with Crippen molar-refractivity contribution in [1.82, 2.24) is 9.88 Å². The fourth-order valence-electron chi connectivity index (χ4n) is 2.88. The Morgan fingerprint density at radius 2 is 2.47 bits per heavy atom. The number of rotatable bonds is 5. The topological polar surface area (TPSA) is 59.2 Å². The summed E-state index contributed by atoms with van der Waals surface area (Å²) >= 11 is 0. The Bertz CT molecular complexity index is 407. The van der Waals surface area contributed by atoms with Crippen LogP contribution in [0, 0.1) is 5.92 Å². The molecular formula is C15H23N3O. The second-order valence-corrected chi connectivity index (χ2v) is 5.20. The number of likely N-dealkylation sites (tertiary alicyclic amines) is 1. The van der Waals surface area contributed by atoms with E-state index < -0.39 is 0 Å². The summed E-state index contributed by atoms with van der Waals surface area (Å²) in [5.41, 5.74) is 6.89. The van der Waals surface area contributed by atoms with Crippen LogP contribution in [0.3, 0.4) is 0 Å². The van der Waals surface area contributed by atoms with E-state index in [1.165, 1.54) is 0 Å². The van der Waals surface area contributed by atoms with Crippen molar-refractivity contribution >= 4 is 5.91 Å². The Hall–Kier alpha value is -1.42. The number of aromatic nitrogens is 1. The molecule has 1 aromatic heterocycles. The van der Waals surface area contributed by atoms with E-state index in [4.69, 9.17) is 5.73 Å². The quantitative estimate of drug-likeness (QED) is 0.883. The van der Waals surface area contributed by atoms with Crippen molar-refractivity contribution in [2.45, 2.75) is 38.6 Å². The number of carbonyl (C=O) groups is 1. The number of nitrogens with two attached hydrogens (primary N) is 1. The van der Waals surface area contributed by atoms with E-state index in [1.807, 2.05) is 17.2 Å². The summed E-state index contributed by atoms with van der Waals surface area (Å²) in [7, 11) is 0. The van der Waals surface area contributed by atoms with Gasteiger partial charge in [-0.15, -0.1) is 0 Å². The zero-order valence-corrected chi connectivity index (χ0v) is 11.6. The van der Waals surface area contributed by atoms with Crippen molar-refractivity contribution < 1.29 is 4.79 Å². The van der Waals surface area contributed by atoms with Crippen molar-refractivity contribution in [2.24, 2.45) is 11.7 Å². The van der Waals surface area contributed by atoms with Crippen LogP contribution in [0.15, 0.2) is 24.5 Å². The number of nitrogens with zero attached hydrogens (tertiary/aromatic N) is 2. The highest BCUT2D eigenvalue weighted by Gasteiger charge is 2.33. The van der Waals surface area contributed by atoms with E-state index in [0.717, 1.165) is 37.8 Å². The van der Waals surface area contributed by atoms with Crippen LogP contribution in [0.4, 0.5) is 0 Å². The van der Waals surface area contributed by atoms with E-state index in [-0.39, 0.29) is 17.9 Å². The fourth-order valence-corrected chi connectivity index (χ4v) is 2.88. The summed E-state index contributed by atoms with van der Waals surface area (Å²) in [6, 6.07) is 4.18. The zero-order valence-electron chi connectivity index (χ0n) is 11.6. The first kappa shape index (κ1) is 14.0. The van der Waals surface area contributed by atoms with Gasteiger partial charge in [-0.2, -0.15) is 0 Å². The van der Waals surface area contributed by atoms with Gasteiger partial charge in [-0.05, 0) is 30.9 Å². The van der Waals surface area contributed by atoms with Gasteiger partial charge in [0, 0.05) is 25.5 Å². The van der Waals surface area contributed by atoms with Crippen molar-refractivity contribution in [1.29, 1.82) is 0 Å². The maximum absolute atomic E-state index is 12.6. The van der Waals surface area contributed by atoms with Crippen LogP contribution < -0.4 is 5.73 Å². The normalized spacial score (nSPS) is 20.5. The minimum Gasteiger partial charge on any atom is -0.335 e. The highest BCUT2D eigenvalue weighted by molar-refractivity contribution is 5.79. The molecule has 1 amide bonds. The number of amides is 1. The molecule has 1 aliphatic heterocycles. The first-order valence-corrected chi connectivity index (χ1v) is 7.18. The molecular weight excluding hydrogens is 238 g/mol. The maximum Gasteiger partial charge on any atom is 0.227 e. The Morgan fingerprint density at radius 1 is 1.63 bits per heavy atom. The molecule has 0 spiro atoms. The number of carbonyl (C=O) groups excluding carboxylic acids is 1. The highest BCUT2D eigenvalue weighted by atomic mass is 16.2. The van der Waals surface area contributed by atoms with E-state index in [1.54, 1.807) is 6.20 Å². The van der Waals surface area contributed by atoms with Gasteiger partial charge in [0.15, 0.2) is 0 Å². The second-order valence-electron chi connectivity index (χ2n) is 5.20. The third-order valence-electron chi connectivity index (χ3n) is 3.88. The van der Waals surface area contributed by atoms with Crippen LogP contribution in [0.1, 0.15) is 44.2 Å². The van der Waals surface area contributed by atoms with Crippen LogP contribution >= 0.6 is 0 Å². The van der Waals surface area contributed by atoms with Gasteiger partial charge in [-0.3, -0.25) is 9.78 Å². The molecule has 2 heterocycles. The minimum absolute atomic E-state index is 0.0257. The molecule has 104 valence electrons. The highest BCUT2D eigenvalue weighted by Crippen LogP contribution is 2.32. The molecule has 2 rings (SSSR count). The largest absolute Gasteiger partial charge is 0.335 e. The van der Waals surface area contributed by atoms with Gasteiger partial charge in [-0.25, -0.2) is 0 Å². The summed E-state index contributed by atoms with van der Waals surface area (Å²) in [4.78, 5) is 18.7. The molecule has 2 N–H and O–H groups in total. The molecule has 0 aromatic carbocycles. The Balaban J connectivity index is 2.12. The minimum atomic E-state index is -0.0257. The van der Waals surface area contributed by atoms with E-state index >= 15 is 0 Å². The lowest BCUT2D eigenvalue weighted by Gasteiger charge is -2.28. The summed E-state index contributed by atoms with van der Waals surface area (Å²) in [6.07, 6.45) is 7.61. The van der Waals surface area contributed by atoms with Gasteiger partial charge in [-0.1, -0.05) is 19.4 Å². The van der Waals surface area contributed by atoms with Crippen LogP contribution in [0.25, 0.3) is 0 Å². The van der Waals surface area contributed by atoms with Crippen LogP contribution in [-0.4, -0.2) is 28.9 Å². The molecule has 4 nitrogen and oxygen atoms in total. The van der Waals surface area contributed by atoms with E-state index in [0.29, 0.717) is 6.54 Å². The molecule has 0 radical (unpaired) electrons. The van der Waals surface area contributed by atoms with Crippen molar-refractivity contribution in [3.05, 3.63) is 30.1 Å². The molecule has 1 saturated heterocycles. The SMILES string of the molecule is CCCC(CN)C(=O)N1CCCC1c1cccnc1. The molecule has 0 saturated carbocycles. The predicted octanol–water partition coefficient (Wildman–Crippen LogP) is 2.12. The molecule has 1 fully saturated rings. The third kappa shape index (κ3) is 3.13. The molecule has 0 bridgehead atoms. The smallest absolute Gasteiger partial charge is 0.227 e. The lowest BCUT2D eigenvalue weighted by molar-refractivity contribution is -0.136.